The zero-order chi connectivity index (χ0) is 14.0. The van der Waals surface area contributed by atoms with Crippen LogP contribution in [0.15, 0.2) is 11.6 Å². The molecule has 0 spiro atoms. The topological polar surface area (TPSA) is 52.9 Å². The van der Waals surface area contributed by atoms with Crippen LogP contribution in [0.1, 0.15) is 37.0 Å². The second kappa shape index (κ2) is 5.64. The van der Waals surface area contributed by atoms with Crippen molar-refractivity contribution in [1.29, 1.82) is 5.26 Å². The molecule has 0 radical (unpaired) electrons. The summed E-state index contributed by atoms with van der Waals surface area (Å²) in [6.45, 7) is 3.71. The third-order valence-corrected chi connectivity index (χ3v) is 4.39. The molecule has 5 heteroatoms. The number of nitrogens with zero attached hydrogens (tertiary/aromatic N) is 1. The van der Waals surface area contributed by atoms with Crippen molar-refractivity contribution in [3.05, 3.63) is 32.2 Å². The molecule has 1 N–H and O–H groups in total. The van der Waals surface area contributed by atoms with Gasteiger partial charge in [-0.25, -0.2) is 0 Å². The van der Waals surface area contributed by atoms with E-state index < -0.39 is 0 Å². The Morgan fingerprint density at radius 3 is 2.74 bits per heavy atom. The molecule has 98 valence electrons. The number of hydrogen-bond donors (Lipinski definition) is 1. The summed E-state index contributed by atoms with van der Waals surface area (Å²) in [5.74, 6) is -0.208. The number of carbonyl (C=O) groups excluding carboxylic acids is 1. The minimum absolute atomic E-state index is 0.208. The Bertz CT molecular complexity index is 661. The highest BCUT2D eigenvalue weighted by atomic mass is 32.1. The van der Waals surface area contributed by atoms with Gasteiger partial charge in [0.15, 0.2) is 0 Å². The van der Waals surface area contributed by atoms with E-state index >= 15 is 0 Å². The number of nitrogens with one attached hydrogen (secondary N) is 1. The fourth-order valence-electron chi connectivity index (χ4n) is 2.20. The van der Waals surface area contributed by atoms with E-state index in [9.17, 15) is 10.1 Å². The van der Waals surface area contributed by atoms with Crippen molar-refractivity contribution in [2.75, 3.05) is 5.32 Å². The molecule has 0 aromatic carbocycles. The quantitative estimate of drug-likeness (QED) is 0.667. The zero-order valence-corrected chi connectivity index (χ0v) is 12.5. The molecule has 1 aliphatic rings. The van der Waals surface area contributed by atoms with E-state index in [0.717, 1.165) is 39.8 Å². The fraction of sp³-hybridized carbons (Fsp3) is 0.357. The van der Waals surface area contributed by atoms with Gasteiger partial charge >= 0.3 is 0 Å². The summed E-state index contributed by atoms with van der Waals surface area (Å²) in [5.41, 5.74) is 3.65. The highest BCUT2D eigenvalue weighted by Gasteiger charge is 2.21. The normalized spacial score (nSPS) is 12.5. The van der Waals surface area contributed by atoms with Crippen LogP contribution in [0.4, 0.5) is 5.00 Å². The lowest BCUT2D eigenvalue weighted by molar-refractivity contribution is -0.111. The Morgan fingerprint density at radius 1 is 1.42 bits per heavy atom. The van der Waals surface area contributed by atoms with Gasteiger partial charge in [-0.1, -0.05) is 17.8 Å². The number of carbonyl (C=O) groups is 1. The lowest BCUT2D eigenvalue weighted by Gasteiger charge is -2.08. The van der Waals surface area contributed by atoms with Gasteiger partial charge in [-0.15, -0.1) is 11.3 Å². The van der Waals surface area contributed by atoms with Crippen molar-refractivity contribution in [3.63, 3.8) is 0 Å². The standard InChI is InChI=1S/C14H14N2OS2/c1-8(2)6-12(17)16-13-11(7-15)9-4-3-5-10(9)14(18)19-13/h6H,3-5H2,1-2H3,(H,16,17). The molecule has 2 rings (SSSR count). The van der Waals surface area contributed by atoms with Gasteiger partial charge in [0.05, 0.1) is 9.39 Å². The van der Waals surface area contributed by atoms with Crippen molar-refractivity contribution in [2.24, 2.45) is 0 Å². The maximum absolute atomic E-state index is 11.8. The average molecular weight is 290 g/mol. The van der Waals surface area contributed by atoms with Crippen LogP contribution in [-0.2, 0) is 17.6 Å². The van der Waals surface area contributed by atoms with Crippen LogP contribution in [0.5, 0.6) is 0 Å². The predicted molar refractivity (Wildman–Crippen MR) is 80.0 cm³/mol. The van der Waals surface area contributed by atoms with E-state index in [0.29, 0.717) is 10.6 Å². The van der Waals surface area contributed by atoms with Crippen molar-refractivity contribution in [1.82, 2.24) is 0 Å². The Labute approximate surface area is 121 Å². The molecule has 0 saturated heterocycles. The molecular weight excluding hydrogens is 276 g/mol. The van der Waals surface area contributed by atoms with Crippen LogP contribution < -0.4 is 5.32 Å². The van der Waals surface area contributed by atoms with Gasteiger partial charge < -0.3 is 5.32 Å². The second-order valence-corrected chi connectivity index (χ2v) is 6.41. The molecule has 0 fully saturated rings. The number of nitriles is 1. The van der Waals surface area contributed by atoms with E-state index in [1.165, 1.54) is 17.4 Å². The highest BCUT2D eigenvalue weighted by Crippen LogP contribution is 2.34. The number of amides is 1. The van der Waals surface area contributed by atoms with Crippen LogP contribution in [-0.4, -0.2) is 5.91 Å². The van der Waals surface area contributed by atoms with Gasteiger partial charge in [0.1, 0.15) is 11.1 Å². The summed E-state index contributed by atoms with van der Waals surface area (Å²) in [5, 5.41) is 12.7. The van der Waals surface area contributed by atoms with Crippen LogP contribution in [0, 0.1) is 15.2 Å². The molecule has 3 nitrogen and oxygen atoms in total. The molecule has 0 unspecified atom stereocenters. The van der Waals surface area contributed by atoms with Crippen LogP contribution in [0.25, 0.3) is 0 Å². The Hall–Kier alpha value is -1.51. The summed E-state index contributed by atoms with van der Waals surface area (Å²) < 4.78 is 0.791. The van der Waals surface area contributed by atoms with Gasteiger partial charge in [0.2, 0.25) is 5.91 Å². The van der Waals surface area contributed by atoms with Crippen molar-refractivity contribution in [2.45, 2.75) is 33.1 Å². The average Bonchev–Trinajstić information content (AvgIpc) is 2.77. The van der Waals surface area contributed by atoms with Gasteiger partial charge in [-0.3, -0.25) is 4.79 Å². The van der Waals surface area contributed by atoms with E-state index in [2.05, 4.69) is 11.4 Å². The molecule has 1 aliphatic carbocycles. The molecule has 0 aliphatic heterocycles. The van der Waals surface area contributed by atoms with E-state index in [1.807, 2.05) is 13.8 Å². The first-order valence-corrected chi connectivity index (χ1v) is 7.30. The van der Waals surface area contributed by atoms with Gasteiger partial charge in [-0.2, -0.15) is 5.26 Å². The largest absolute Gasteiger partial charge is 0.313 e. The second-order valence-electron chi connectivity index (χ2n) is 4.73. The number of rotatable bonds is 2. The molecule has 1 aromatic rings. The SMILES string of the molecule is CC(C)=CC(=O)Nc1sc(=S)c2c(c1C#N)CCC2. The van der Waals surface area contributed by atoms with E-state index in [-0.39, 0.29) is 5.91 Å². The van der Waals surface area contributed by atoms with E-state index in [4.69, 9.17) is 12.2 Å². The maximum atomic E-state index is 11.8. The lowest BCUT2D eigenvalue weighted by atomic mass is 10.1. The summed E-state index contributed by atoms with van der Waals surface area (Å²) in [4.78, 5) is 11.8. The Morgan fingerprint density at radius 2 is 2.11 bits per heavy atom. The number of anilines is 1. The van der Waals surface area contributed by atoms with Gasteiger partial charge in [0.25, 0.3) is 0 Å². The highest BCUT2D eigenvalue weighted by molar-refractivity contribution is 7.73. The molecule has 1 amide bonds. The minimum atomic E-state index is -0.208. The number of hydrogen-bond acceptors (Lipinski definition) is 4. The van der Waals surface area contributed by atoms with Crippen molar-refractivity contribution in [3.8, 4) is 6.07 Å². The fourth-order valence-corrected chi connectivity index (χ4v) is 3.64. The van der Waals surface area contributed by atoms with Crippen LogP contribution in [0.2, 0.25) is 0 Å². The van der Waals surface area contributed by atoms with Crippen molar-refractivity contribution < 1.29 is 4.79 Å². The molecule has 1 aromatic heterocycles. The lowest BCUT2D eigenvalue weighted by Crippen LogP contribution is -2.10. The molecule has 19 heavy (non-hydrogen) atoms. The minimum Gasteiger partial charge on any atom is -0.313 e. The summed E-state index contributed by atoms with van der Waals surface area (Å²) >= 11 is 6.68. The first-order valence-electron chi connectivity index (χ1n) is 6.07. The molecule has 0 saturated carbocycles. The van der Waals surface area contributed by atoms with Crippen LogP contribution in [0.3, 0.4) is 0 Å². The smallest absolute Gasteiger partial charge is 0.248 e. The third kappa shape index (κ3) is 2.91. The number of allylic oxidation sites excluding steroid dienone is 1. The maximum Gasteiger partial charge on any atom is 0.248 e. The molecule has 0 atom stereocenters. The molecule has 0 bridgehead atoms. The third-order valence-electron chi connectivity index (χ3n) is 2.96. The molecule has 1 heterocycles. The Balaban J connectivity index is 2.45. The monoisotopic (exact) mass is 290 g/mol. The summed E-state index contributed by atoms with van der Waals surface area (Å²) in [6, 6.07) is 2.21. The van der Waals surface area contributed by atoms with Crippen LogP contribution >= 0.6 is 23.6 Å². The predicted octanol–water partition coefficient (Wildman–Crippen LogP) is 3.74. The van der Waals surface area contributed by atoms with E-state index in [1.54, 1.807) is 0 Å². The molecular formula is C14H14N2OS2. The Kier molecular flexibility index (Phi) is 4.13. The van der Waals surface area contributed by atoms with Crippen molar-refractivity contribution >= 4 is 34.5 Å². The number of fused-ring (bicyclic) bond motifs is 1. The first kappa shape index (κ1) is 13.9. The zero-order valence-electron chi connectivity index (χ0n) is 10.9. The van der Waals surface area contributed by atoms with Gasteiger partial charge in [-0.05, 0) is 44.2 Å². The summed E-state index contributed by atoms with van der Waals surface area (Å²) in [7, 11) is 0. The van der Waals surface area contributed by atoms with Gasteiger partial charge in [0, 0.05) is 6.08 Å². The summed E-state index contributed by atoms with van der Waals surface area (Å²) in [6.07, 6.45) is 4.37. The first-order chi connectivity index (χ1) is 9.02.